The molecule has 0 radical (unpaired) electrons. The first-order valence-corrected chi connectivity index (χ1v) is 7.91. The van der Waals surface area contributed by atoms with Gasteiger partial charge in [0.05, 0.1) is 11.6 Å². The van der Waals surface area contributed by atoms with Crippen LogP contribution in [-0.2, 0) is 0 Å². The van der Waals surface area contributed by atoms with Gasteiger partial charge in [0.1, 0.15) is 5.82 Å². The molecule has 1 N–H and O–H groups in total. The Bertz CT molecular complexity index is 822. The molecule has 0 aliphatic carbocycles. The van der Waals surface area contributed by atoms with Gasteiger partial charge in [0.15, 0.2) is 5.82 Å². The Labute approximate surface area is 134 Å². The summed E-state index contributed by atoms with van der Waals surface area (Å²) in [6, 6.07) is 11.9. The molecule has 23 heavy (non-hydrogen) atoms. The van der Waals surface area contributed by atoms with Gasteiger partial charge in [-0.15, -0.1) is 0 Å². The highest BCUT2D eigenvalue weighted by Crippen LogP contribution is 2.29. The highest BCUT2D eigenvalue weighted by Gasteiger charge is 2.21. The van der Waals surface area contributed by atoms with Gasteiger partial charge in [-0.25, -0.2) is 9.97 Å². The van der Waals surface area contributed by atoms with E-state index in [1.54, 1.807) is 12.4 Å². The highest BCUT2D eigenvalue weighted by molar-refractivity contribution is 5.91. The lowest BCUT2D eigenvalue weighted by atomic mass is 10.1. The number of aromatic nitrogens is 3. The smallest absolute Gasteiger partial charge is 0.162 e. The van der Waals surface area contributed by atoms with Crippen LogP contribution in [-0.4, -0.2) is 39.3 Å². The molecule has 3 heterocycles. The van der Waals surface area contributed by atoms with Crippen LogP contribution >= 0.6 is 0 Å². The van der Waals surface area contributed by atoms with Gasteiger partial charge in [-0.1, -0.05) is 12.1 Å². The van der Waals surface area contributed by atoms with Crippen molar-refractivity contribution in [3.05, 3.63) is 48.8 Å². The number of anilines is 1. The van der Waals surface area contributed by atoms with E-state index in [0.717, 1.165) is 41.7 Å². The quantitative estimate of drug-likeness (QED) is 0.788. The number of nitrogens with zero attached hydrogens (tertiary/aromatic N) is 4. The summed E-state index contributed by atoms with van der Waals surface area (Å²) >= 11 is 0. The summed E-state index contributed by atoms with van der Waals surface area (Å²) in [7, 11) is 0. The summed E-state index contributed by atoms with van der Waals surface area (Å²) in [6.45, 7) is 1.53. The fraction of sp³-hybridized carbons (Fsp3) is 0.278. The number of rotatable bonds is 2. The molecule has 1 aliphatic rings. The van der Waals surface area contributed by atoms with Crippen molar-refractivity contribution >= 4 is 16.7 Å². The second-order valence-corrected chi connectivity index (χ2v) is 5.87. The molecule has 0 saturated carbocycles. The minimum Gasteiger partial charge on any atom is -0.391 e. The number of para-hydroxylation sites is 1. The van der Waals surface area contributed by atoms with Crippen LogP contribution in [0.5, 0.6) is 0 Å². The monoisotopic (exact) mass is 306 g/mol. The Morgan fingerprint density at radius 3 is 2.70 bits per heavy atom. The maximum absolute atomic E-state index is 10.0. The summed E-state index contributed by atoms with van der Waals surface area (Å²) < 4.78 is 0. The average Bonchev–Trinajstić information content (AvgIpc) is 2.61. The van der Waals surface area contributed by atoms with Crippen LogP contribution in [0.3, 0.4) is 0 Å². The topological polar surface area (TPSA) is 62.1 Å². The molecule has 1 aliphatic heterocycles. The molecular weight excluding hydrogens is 288 g/mol. The van der Waals surface area contributed by atoms with Crippen LogP contribution in [0.1, 0.15) is 12.8 Å². The van der Waals surface area contributed by atoms with Crippen molar-refractivity contribution in [1.29, 1.82) is 0 Å². The molecular formula is C18H18N4O. The van der Waals surface area contributed by atoms with Crippen molar-refractivity contribution in [2.24, 2.45) is 0 Å². The molecule has 0 bridgehead atoms. The minimum absolute atomic E-state index is 0.290. The minimum atomic E-state index is -0.290. The maximum Gasteiger partial charge on any atom is 0.162 e. The first kappa shape index (κ1) is 14.1. The predicted octanol–water partition coefficient (Wildman–Crippen LogP) is 2.65. The summed E-state index contributed by atoms with van der Waals surface area (Å²) in [5.41, 5.74) is 1.87. The maximum atomic E-state index is 10.0. The highest BCUT2D eigenvalue weighted by atomic mass is 16.3. The van der Waals surface area contributed by atoms with Gasteiger partial charge >= 0.3 is 0 Å². The van der Waals surface area contributed by atoms with Gasteiger partial charge < -0.3 is 10.0 Å². The van der Waals surface area contributed by atoms with Gasteiger partial charge in [-0.2, -0.15) is 0 Å². The zero-order chi connectivity index (χ0) is 15.6. The number of benzene rings is 1. The van der Waals surface area contributed by atoms with Gasteiger partial charge in [0.25, 0.3) is 0 Å². The van der Waals surface area contributed by atoms with E-state index in [1.165, 1.54) is 0 Å². The largest absolute Gasteiger partial charge is 0.391 e. The molecule has 1 atom stereocenters. The van der Waals surface area contributed by atoms with E-state index in [4.69, 9.17) is 9.97 Å². The second-order valence-electron chi connectivity index (χ2n) is 5.87. The van der Waals surface area contributed by atoms with E-state index in [1.807, 2.05) is 36.4 Å². The number of β-amino-alcohol motifs (C(OH)–C–C–N with tert-alkyl or cyclic N) is 1. The SMILES string of the molecule is OC1CCCN(c2nc(-c3ccncc3)nc3ccccc23)C1. The molecule has 5 nitrogen and oxygen atoms in total. The molecule has 0 amide bonds. The van der Waals surface area contributed by atoms with Gasteiger partial charge in [0, 0.05) is 36.4 Å². The van der Waals surface area contributed by atoms with Crippen molar-refractivity contribution in [1.82, 2.24) is 15.0 Å². The summed E-state index contributed by atoms with van der Waals surface area (Å²) in [5, 5.41) is 11.0. The van der Waals surface area contributed by atoms with Crippen molar-refractivity contribution < 1.29 is 5.11 Å². The lowest BCUT2D eigenvalue weighted by Gasteiger charge is -2.31. The third-order valence-electron chi connectivity index (χ3n) is 4.22. The molecule has 116 valence electrons. The van der Waals surface area contributed by atoms with Crippen LogP contribution < -0.4 is 4.90 Å². The standard InChI is InChI=1S/C18H18N4O/c23-14-4-3-11-22(12-14)18-15-5-1-2-6-16(15)20-17(21-18)13-7-9-19-10-8-13/h1-2,5-10,14,23H,3-4,11-12H2. The van der Waals surface area contributed by atoms with E-state index >= 15 is 0 Å². The Morgan fingerprint density at radius 1 is 1.04 bits per heavy atom. The molecule has 1 unspecified atom stereocenters. The fourth-order valence-corrected chi connectivity index (χ4v) is 3.08. The Balaban J connectivity index is 1.87. The molecule has 4 rings (SSSR count). The molecule has 1 saturated heterocycles. The average molecular weight is 306 g/mol. The lowest BCUT2D eigenvalue weighted by Crippen LogP contribution is -2.38. The Kier molecular flexibility index (Phi) is 3.63. The lowest BCUT2D eigenvalue weighted by molar-refractivity contribution is 0.154. The van der Waals surface area contributed by atoms with E-state index in [9.17, 15) is 5.11 Å². The number of piperidine rings is 1. The van der Waals surface area contributed by atoms with Crippen LogP contribution in [0.25, 0.3) is 22.3 Å². The van der Waals surface area contributed by atoms with Crippen molar-refractivity contribution in [2.75, 3.05) is 18.0 Å². The molecule has 0 spiro atoms. The van der Waals surface area contributed by atoms with Gasteiger partial charge in [-0.05, 0) is 37.1 Å². The number of pyridine rings is 1. The molecule has 1 fully saturated rings. The van der Waals surface area contributed by atoms with E-state index in [-0.39, 0.29) is 6.10 Å². The van der Waals surface area contributed by atoms with Crippen LogP contribution in [0.2, 0.25) is 0 Å². The number of hydrogen-bond donors (Lipinski definition) is 1. The number of aliphatic hydroxyl groups is 1. The van der Waals surface area contributed by atoms with E-state index in [2.05, 4.69) is 9.88 Å². The molecule has 2 aromatic heterocycles. The predicted molar refractivity (Wildman–Crippen MR) is 90.2 cm³/mol. The molecule has 1 aromatic carbocycles. The van der Waals surface area contributed by atoms with E-state index < -0.39 is 0 Å². The van der Waals surface area contributed by atoms with Crippen LogP contribution in [0, 0.1) is 0 Å². The van der Waals surface area contributed by atoms with E-state index in [0.29, 0.717) is 12.4 Å². The zero-order valence-electron chi connectivity index (χ0n) is 12.8. The van der Waals surface area contributed by atoms with Crippen molar-refractivity contribution in [2.45, 2.75) is 18.9 Å². The van der Waals surface area contributed by atoms with Gasteiger partial charge in [-0.3, -0.25) is 4.98 Å². The zero-order valence-corrected chi connectivity index (χ0v) is 12.8. The number of hydrogen-bond acceptors (Lipinski definition) is 5. The summed E-state index contributed by atoms with van der Waals surface area (Å²) in [6.07, 6.45) is 5.04. The first-order chi connectivity index (χ1) is 11.3. The molecule has 5 heteroatoms. The Morgan fingerprint density at radius 2 is 1.87 bits per heavy atom. The van der Waals surface area contributed by atoms with Crippen molar-refractivity contribution in [3.63, 3.8) is 0 Å². The first-order valence-electron chi connectivity index (χ1n) is 7.91. The third kappa shape index (κ3) is 2.75. The Hall–Kier alpha value is -2.53. The summed E-state index contributed by atoms with van der Waals surface area (Å²) in [5.74, 6) is 1.60. The van der Waals surface area contributed by atoms with Gasteiger partial charge in [0.2, 0.25) is 0 Å². The second kappa shape index (κ2) is 5.93. The van der Waals surface area contributed by atoms with Crippen molar-refractivity contribution in [3.8, 4) is 11.4 Å². The fourth-order valence-electron chi connectivity index (χ4n) is 3.08. The van der Waals surface area contributed by atoms with Crippen LogP contribution in [0.4, 0.5) is 5.82 Å². The number of aliphatic hydroxyl groups excluding tert-OH is 1. The normalized spacial score (nSPS) is 18.3. The molecule has 3 aromatic rings. The third-order valence-corrected chi connectivity index (χ3v) is 4.22. The van der Waals surface area contributed by atoms with Crippen LogP contribution in [0.15, 0.2) is 48.8 Å². The summed E-state index contributed by atoms with van der Waals surface area (Å²) in [4.78, 5) is 15.7. The number of fused-ring (bicyclic) bond motifs is 1.